The quantitative estimate of drug-likeness (QED) is 0.363. The van der Waals surface area contributed by atoms with Crippen LogP contribution in [-0.4, -0.2) is 83.6 Å². The van der Waals surface area contributed by atoms with Crippen LogP contribution in [0, 0.1) is 0 Å². The van der Waals surface area contributed by atoms with Gasteiger partial charge in [0.25, 0.3) is 5.91 Å². The third-order valence-electron chi connectivity index (χ3n) is 5.46. The molecule has 180 valence electrons. The van der Waals surface area contributed by atoms with E-state index in [1.165, 1.54) is 34.9 Å². The molecule has 2 atom stereocenters. The number of nitrogens with zero attached hydrogens (tertiary/aromatic N) is 2. The van der Waals surface area contributed by atoms with Crippen LogP contribution < -0.4 is 5.32 Å². The molecule has 2 amide bonds. The summed E-state index contributed by atoms with van der Waals surface area (Å²) in [5.74, 6) is -1.32. The summed E-state index contributed by atoms with van der Waals surface area (Å²) < 4.78 is 10.6. The van der Waals surface area contributed by atoms with Crippen LogP contribution in [0.5, 0.6) is 0 Å². The molecule has 0 radical (unpaired) electrons. The monoisotopic (exact) mass is 495 g/mol. The summed E-state index contributed by atoms with van der Waals surface area (Å²) in [6.07, 6.45) is 0.201. The second kappa shape index (κ2) is 11.7. The molecule has 0 aromatic carbocycles. The van der Waals surface area contributed by atoms with Crippen molar-refractivity contribution in [3.05, 3.63) is 33.7 Å². The van der Waals surface area contributed by atoms with Gasteiger partial charge >= 0.3 is 11.9 Å². The maximum atomic E-state index is 13.0. The van der Waals surface area contributed by atoms with Crippen molar-refractivity contribution >= 4 is 46.9 Å². The maximum Gasteiger partial charge on any atom is 0.355 e. The zero-order valence-electron chi connectivity index (χ0n) is 19.0. The molecule has 1 aromatic heterocycles. The van der Waals surface area contributed by atoms with Crippen molar-refractivity contribution in [2.24, 2.45) is 0 Å². The Kier molecular flexibility index (Phi) is 8.93. The summed E-state index contributed by atoms with van der Waals surface area (Å²) in [4.78, 5) is 54.0. The van der Waals surface area contributed by atoms with Crippen molar-refractivity contribution in [2.75, 3.05) is 38.6 Å². The lowest BCUT2D eigenvalue weighted by Gasteiger charge is -2.49. The molecule has 3 rings (SSSR count). The number of likely N-dealkylation sites (N-methyl/N-ethyl adjacent to an activating group) is 1. The number of thiophene rings is 1. The van der Waals surface area contributed by atoms with Gasteiger partial charge in [0.2, 0.25) is 5.91 Å². The number of carbonyl (C=O) groups excluding carboxylic acids is 4. The predicted molar refractivity (Wildman–Crippen MR) is 125 cm³/mol. The fourth-order valence-corrected chi connectivity index (χ4v) is 5.67. The number of amides is 2. The molecule has 0 aliphatic carbocycles. The van der Waals surface area contributed by atoms with Crippen molar-refractivity contribution in [3.63, 3.8) is 0 Å². The summed E-state index contributed by atoms with van der Waals surface area (Å²) in [7, 11) is 0. The molecule has 1 aromatic rings. The first-order valence-electron chi connectivity index (χ1n) is 10.9. The van der Waals surface area contributed by atoms with Crippen LogP contribution in [0.15, 0.2) is 28.8 Å². The number of rotatable bonds is 11. The van der Waals surface area contributed by atoms with Gasteiger partial charge < -0.3 is 19.7 Å². The first kappa shape index (κ1) is 25.3. The first-order chi connectivity index (χ1) is 15.8. The minimum atomic E-state index is -0.712. The van der Waals surface area contributed by atoms with Crippen molar-refractivity contribution in [1.82, 2.24) is 15.1 Å². The summed E-state index contributed by atoms with van der Waals surface area (Å²) in [5, 5.41) is 4.28. The van der Waals surface area contributed by atoms with Crippen LogP contribution in [0.1, 0.15) is 25.6 Å². The van der Waals surface area contributed by atoms with Gasteiger partial charge in [0.15, 0.2) is 0 Å². The highest BCUT2D eigenvalue weighted by Gasteiger charge is 2.54. The second-order valence-corrected chi connectivity index (χ2v) is 9.74. The van der Waals surface area contributed by atoms with E-state index in [0.717, 1.165) is 18.0 Å². The van der Waals surface area contributed by atoms with Crippen LogP contribution in [-0.2, 0) is 35.1 Å². The lowest BCUT2D eigenvalue weighted by molar-refractivity contribution is -0.153. The van der Waals surface area contributed by atoms with Crippen LogP contribution in [0.3, 0.4) is 0 Å². The molecule has 11 heteroatoms. The number of fused-ring (bicyclic) bond motifs is 1. The Morgan fingerprint density at radius 3 is 2.64 bits per heavy atom. The van der Waals surface area contributed by atoms with E-state index in [0.29, 0.717) is 17.9 Å². The van der Waals surface area contributed by atoms with E-state index in [2.05, 4.69) is 10.2 Å². The number of thioether (sulfide) groups is 1. The summed E-state index contributed by atoms with van der Waals surface area (Å²) in [6, 6.07) is 3.02. The maximum absolute atomic E-state index is 13.0. The molecule has 1 saturated heterocycles. The molecule has 3 heterocycles. The smallest absolute Gasteiger partial charge is 0.355 e. The fraction of sp³-hybridized carbons (Fsp3) is 0.545. The van der Waals surface area contributed by atoms with Gasteiger partial charge in [-0.05, 0) is 24.5 Å². The zero-order valence-corrected chi connectivity index (χ0v) is 20.6. The van der Waals surface area contributed by atoms with E-state index < -0.39 is 23.4 Å². The number of esters is 2. The average molecular weight is 496 g/mol. The van der Waals surface area contributed by atoms with E-state index in [9.17, 15) is 19.2 Å². The molecule has 33 heavy (non-hydrogen) atoms. The lowest BCUT2D eigenvalue weighted by atomic mass is 10.0. The summed E-state index contributed by atoms with van der Waals surface area (Å²) in [5.41, 5.74) is 0.643. The standard InChI is InChI=1S/C22H29N3O6S2/c1-4-24(5-2)8-9-30-22(29)19-15(12-31-14(3)26)13-33-21-18(20(28)25(19)21)23-17(27)11-16-7-6-10-32-16/h6-7,10,18,21H,4-5,8-9,11-13H2,1-3H3,(H,23,27)/t18?,21-/m1/s1. The van der Waals surface area contributed by atoms with E-state index >= 15 is 0 Å². The van der Waals surface area contributed by atoms with Gasteiger partial charge in [-0.2, -0.15) is 0 Å². The SMILES string of the molecule is CCN(CC)CCOC(=O)C1=C(COC(C)=O)CS[C@@H]2C(NC(=O)Cc3cccs3)C(=O)N12. The minimum absolute atomic E-state index is 0.0886. The Labute approximate surface area is 201 Å². The van der Waals surface area contributed by atoms with Gasteiger partial charge in [-0.15, -0.1) is 23.1 Å². The van der Waals surface area contributed by atoms with Gasteiger partial charge in [0.1, 0.15) is 30.3 Å². The van der Waals surface area contributed by atoms with E-state index in [-0.39, 0.29) is 37.1 Å². The molecular formula is C22H29N3O6S2. The van der Waals surface area contributed by atoms with Gasteiger partial charge in [-0.1, -0.05) is 19.9 Å². The van der Waals surface area contributed by atoms with Crippen LogP contribution in [0.2, 0.25) is 0 Å². The van der Waals surface area contributed by atoms with E-state index in [4.69, 9.17) is 9.47 Å². The molecule has 2 aliphatic heterocycles. The van der Waals surface area contributed by atoms with E-state index in [1.807, 2.05) is 31.4 Å². The Morgan fingerprint density at radius 1 is 1.24 bits per heavy atom. The molecule has 1 fully saturated rings. The molecule has 0 bridgehead atoms. The first-order valence-corrected chi connectivity index (χ1v) is 12.8. The fourth-order valence-electron chi connectivity index (χ4n) is 3.64. The second-order valence-electron chi connectivity index (χ2n) is 7.61. The third-order valence-corrected chi connectivity index (χ3v) is 7.67. The number of hydrogen-bond acceptors (Lipinski definition) is 9. The predicted octanol–water partition coefficient (Wildman–Crippen LogP) is 1.39. The van der Waals surface area contributed by atoms with Gasteiger partial charge in [0.05, 0.1) is 6.42 Å². The highest BCUT2D eigenvalue weighted by atomic mass is 32.2. The lowest BCUT2D eigenvalue weighted by Crippen LogP contribution is -2.70. The topological polar surface area (TPSA) is 105 Å². The molecule has 1 N–H and O–H groups in total. The normalized spacial score (nSPS) is 19.8. The van der Waals surface area contributed by atoms with Crippen LogP contribution in [0.25, 0.3) is 0 Å². The highest BCUT2D eigenvalue weighted by molar-refractivity contribution is 8.00. The molecule has 0 saturated carbocycles. The number of hydrogen-bond donors (Lipinski definition) is 1. The Bertz CT molecular complexity index is 913. The average Bonchev–Trinajstić information content (AvgIpc) is 3.30. The minimum Gasteiger partial charge on any atom is -0.461 e. The van der Waals surface area contributed by atoms with Gasteiger partial charge in [0, 0.05) is 29.7 Å². The zero-order chi connectivity index (χ0) is 24.0. The molecule has 9 nitrogen and oxygen atoms in total. The van der Waals surface area contributed by atoms with Gasteiger partial charge in [-0.3, -0.25) is 19.3 Å². The largest absolute Gasteiger partial charge is 0.461 e. The molecule has 1 unspecified atom stereocenters. The summed E-state index contributed by atoms with van der Waals surface area (Å²) >= 11 is 2.90. The molecule has 2 aliphatic rings. The van der Waals surface area contributed by atoms with Crippen molar-refractivity contribution in [1.29, 1.82) is 0 Å². The van der Waals surface area contributed by atoms with Crippen LogP contribution >= 0.6 is 23.1 Å². The van der Waals surface area contributed by atoms with E-state index in [1.54, 1.807) is 0 Å². The number of β-lactam (4-membered cyclic amide) rings is 1. The van der Waals surface area contributed by atoms with Crippen molar-refractivity contribution in [2.45, 2.75) is 38.6 Å². The number of ether oxygens (including phenoxy) is 2. The van der Waals surface area contributed by atoms with Crippen LogP contribution in [0.4, 0.5) is 0 Å². The molecular weight excluding hydrogens is 466 g/mol. The van der Waals surface area contributed by atoms with Gasteiger partial charge in [-0.25, -0.2) is 4.79 Å². The molecule has 0 spiro atoms. The highest BCUT2D eigenvalue weighted by Crippen LogP contribution is 2.40. The van der Waals surface area contributed by atoms with Crippen molar-refractivity contribution in [3.8, 4) is 0 Å². The third kappa shape index (κ3) is 6.15. The Hall–Kier alpha value is -2.37. The van der Waals surface area contributed by atoms with Crippen molar-refractivity contribution < 1.29 is 28.7 Å². The Morgan fingerprint density at radius 2 is 2.00 bits per heavy atom. The summed E-state index contributed by atoms with van der Waals surface area (Å²) in [6.45, 7) is 7.70. The number of carbonyl (C=O) groups is 4. The number of nitrogens with one attached hydrogen (secondary N) is 1. The Balaban J connectivity index is 1.69.